The number of hydrogen-bond donors (Lipinski definition) is 2. The third kappa shape index (κ3) is 2.61. The lowest BCUT2D eigenvalue weighted by Crippen LogP contribution is -2.51. The van der Waals surface area contributed by atoms with E-state index in [0.717, 1.165) is 10.3 Å². The summed E-state index contributed by atoms with van der Waals surface area (Å²) in [5, 5.41) is 10.3. The molecule has 2 aliphatic carbocycles. The fourth-order valence-electron chi connectivity index (χ4n) is 5.51. The molecule has 1 saturated carbocycles. The Hall–Kier alpha value is -2.77. The third-order valence-electron chi connectivity index (χ3n) is 6.66. The quantitative estimate of drug-likeness (QED) is 0.750. The maximum Gasteiger partial charge on any atom is 0.414 e. The van der Waals surface area contributed by atoms with Gasteiger partial charge in [-0.25, -0.2) is 0 Å². The standard InChI is InChI=1S/C21H19F3N2O3/c22-21(23,24)18-17-13(12-3-1-2-4-14(12)25-17)7-8-26(18)19(27)15-10-5-6-11(9-10)16(15)20(28)29/h1-6,10-11,15-16,18,25H,7-9H2,(H,28,29)/t10-,11-,15+,16+,18-/m0/s1. The van der Waals surface area contributed by atoms with E-state index in [4.69, 9.17) is 0 Å². The highest BCUT2D eigenvalue weighted by atomic mass is 19.4. The highest BCUT2D eigenvalue weighted by Crippen LogP contribution is 2.51. The number of aromatic nitrogens is 1. The molecule has 2 bridgehead atoms. The summed E-state index contributed by atoms with van der Waals surface area (Å²) >= 11 is 0. The van der Waals surface area contributed by atoms with Crippen LogP contribution in [0, 0.1) is 23.7 Å². The number of H-pyrrole nitrogens is 1. The molecule has 0 saturated heterocycles. The summed E-state index contributed by atoms with van der Waals surface area (Å²) < 4.78 is 42.4. The minimum atomic E-state index is -4.67. The van der Waals surface area contributed by atoms with Crippen LogP contribution in [0.1, 0.15) is 23.7 Å². The molecule has 5 atom stereocenters. The number of nitrogens with one attached hydrogen (secondary N) is 1. The Labute approximate surface area is 164 Å². The van der Waals surface area contributed by atoms with Crippen LogP contribution in [0.15, 0.2) is 36.4 Å². The number of rotatable bonds is 2. The smallest absolute Gasteiger partial charge is 0.414 e. The van der Waals surface area contributed by atoms with Crippen LogP contribution in [0.4, 0.5) is 13.2 Å². The molecular formula is C21H19F3N2O3. The first-order chi connectivity index (χ1) is 13.8. The molecule has 29 heavy (non-hydrogen) atoms. The number of carboxylic acids is 1. The topological polar surface area (TPSA) is 73.4 Å². The first-order valence-electron chi connectivity index (χ1n) is 9.65. The summed E-state index contributed by atoms with van der Waals surface area (Å²) in [6.07, 6.45) is -0.298. The molecule has 2 aromatic rings. The summed E-state index contributed by atoms with van der Waals surface area (Å²) in [4.78, 5) is 28.8. The van der Waals surface area contributed by atoms with Gasteiger partial charge in [-0.15, -0.1) is 0 Å². The summed E-state index contributed by atoms with van der Waals surface area (Å²) in [5.41, 5.74) is 1.17. The lowest BCUT2D eigenvalue weighted by atomic mass is 9.81. The molecule has 5 rings (SSSR count). The monoisotopic (exact) mass is 404 g/mol. The van der Waals surface area contributed by atoms with E-state index in [1.165, 1.54) is 0 Å². The Morgan fingerprint density at radius 2 is 1.79 bits per heavy atom. The molecule has 1 aromatic carbocycles. The van der Waals surface area contributed by atoms with Gasteiger partial charge in [0, 0.05) is 17.4 Å². The summed E-state index contributed by atoms with van der Waals surface area (Å²) in [6.45, 7) is -0.0815. The summed E-state index contributed by atoms with van der Waals surface area (Å²) in [6, 6.07) is 4.92. The van der Waals surface area contributed by atoms with E-state index in [1.54, 1.807) is 36.4 Å². The van der Waals surface area contributed by atoms with Gasteiger partial charge in [0.15, 0.2) is 6.04 Å². The number of halogens is 3. The van der Waals surface area contributed by atoms with E-state index in [0.29, 0.717) is 23.9 Å². The number of fused-ring (bicyclic) bond motifs is 5. The second-order valence-electron chi connectivity index (χ2n) is 8.13. The number of benzene rings is 1. The average Bonchev–Trinajstić information content (AvgIpc) is 3.37. The van der Waals surface area contributed by atoms with Crippen molar-refractivity contribution in [3.05, 3.63) is 47.7 Å². The van der Waals surface area contributed by atoms with Crippen LogP contribution in [0.3, 0.4) is 0 Å². The maximum atomic E-state index is 14.1. The largest absolute Gasteiger partial charge is 0.481 e. The molecule has 2 N–H and O–H groups in total. The molecule has 0 radical (unpaired) electrons. The van der Waals surface area contributed by atoms with Gasteiger partial charge in [-0.1, -0.05) is 30.4 Å². The molecule has 0 spiro atoms. The zero-order valence-corrected chi connectivity index (χ0v) is 15.3. The summed E-state index contributed by atoms with van der Waals surface area (Å²) in [5.74, 6) is -4.34. The molecule has 152 valence electrons. The van der Waals surface area contributed by atoms with Crippen molar-refractivity contribution in [2.75, 3.05) is 6.54 Å². The van der Waals surface area contributed by atoms with Crippen molar-refractivity contribution in [1.29, 1.82) is 0 Å². The van der Waals surface area contributed by atoms with Gasteiger partial charge in [0.1, 0.15) is 0 Å². The molecule has 8 heteroatoms. The van der Waals surface area contributed by atoms with Gasteiger partial charge in [0.2, 0.25) is 5.91 Å². The van der Waals surface area contributed by atoms with Gasteiger partial charge < -0.3 is 15.0 Å². The van der Waals surface area contributed by atoms with Gasteiger partial charge in [-0.05, 0) is 36.3 Å². The maximum absolute atomic E-state index is 14.1. The van der Waals surface area contributed by atoms with Crippen molar-refractivity contribution < 1.29 is 27.9 Å². The zero-order chi connectivity index (χ0) is 20.5. The molecule has 1 aromatic heterocycles. The van der Waals surface area contributed by atoms with E-state index < -0.39 is 35.9 Å². The van der Waals surface area contributed by atoms with E-state index in [1.807, 2.05) is 0 Å². The number of para-hydroxylation sites is 1. The van der Waals surface area contributed by atoms with E-state index in [9.17, 15) is 27.9 Å². The van der Waals surface area contributed by atoms with Crippen molar-refractivity contribution in [3.63, 3.8) is 0 Å². The lowest BCUT2D eigenvalue weighted by Gasteiger charge is -2.39. The molecule has 1 fully saturated rings. The van der Waals surface area contributed by atoms with Crippen LogP contribution in [0.2, 0.25) is 0 Å². The van der Waals surface area contributed by atoms with Crippen LogP contribution in [0.25, 0.3) is 10.9 Å². The third-order valence-corrected chi connectivity index (χ3v) is 6.66. The predicted molar refractivity (Wildman–Crippen MR) is 97.9 cm³/mol. The first kappa shape index (κ1) is 18.3. The predicted octanol–water partition coefficient (Wildman–Crippen LogP) is 3.68. The molecule has 5 nitrogen and oxygen atoms in total. The number of alkyl halides is 3. The minimum Gasteiger partial charge on any atom is -0.481 e. The number of amides is 1. The van der Waals surface area contributed by atoms with Crippen molar-refractivity contribution in [1.82, 2.24) is 9.88 Å². The van der Waals surface area contributed by atoms with Crippen molar-refractivity contribution in [2.45, 2.75) is 25.1 Å². The Balaban J connectivity index is 1.57. The minimum absolute atomic E-state index is 0.0103. The number of carbonyl (C=O) groups excluding carboxylic acids is 1. The molecule has 2 heterocycles. The first-order valence-corrected chi connectivity index (χ1v) is 9.65. The molecular weight excluding hydrogens is 385 g/mol. The van der Waals surface area contributed by atoms with E-state index in [-0.39, 0.29) is 24.1 Å². The van der Waals surface area contributed by atoms with Gasteiger partial charge in [0.05, 0.1) is 17.5 Å². The zero-order valence-electron chi connectivity index (χ0n) is 15.3. The number of allylic oxidation sites excluding steroid dienone is 2. The number of aliphatic carboxylic acids is 1. The lowest BCUT2D eigenvalue weighted by molar-refractivity contribution is -0.197. The number of aromatic amines is 1. The Kier molecular flexibility index (Phi) is 3.85. The highest BCUT2D eigenvalue weighted by molar-refractivity contribution is 5.89. The van der Waals surface area contributed by atoms with Crippen LogP contribution < -0.4 is 0 Å². The van der Waals surface area contributed by atoms with E-state index >= 15 is 0 Å². The van der Waals surface area contributed by atoms with Crippen LogP contribution >= 0.6 is 0 Å². The van der Waals surface area contributed by atoms with Crippen LogP contribution in [-0.4, -0.2) is 39.6 Å². The fourth-order valence-corrected chi connectivity index (χ4v) is 5.51. The SMILES string of the molecule is O=C(O)[C@H]1[C@H](C(=O)N2CCc3c([nH]c4ccccc34)[C@H]2C(F)(F)F)[C@H]2C=C[C@H]1C2. The Morgan fingerprint density at radius 1 is 1.10 bits per heavy atom. The fraction of sp³-hybridized carbons (Fsp3) is 0.429. The second-order valence-corrected chi connectivity index (χ2v) is 8.13. The molecule has 0 unspecified atom stereocenters. The average molecular weight is 404 g/mol. The normalized spacial score (nSPS) is 30.7. The Morgan fingerprint density at radius 3 is 2.48 bits per heavy atom. The van der Waals surface area contributed by atoms with Crippen LogP contribution in [-0.2, 0) is 16.0 Å². The summed E-state index contributed by atoms with van der Waals surface area (Å²) in [7, 11) is 0. The van der Waals surface area contributed by atoms with Gasteiger partial charge >= 0.3 is 12.1 Å². The Bertz CT molecular complexity index is 1040. The van der Waals surface area contributed by atoms with Crippen molar-refractivity contribution in [3.8, 4) is 0 Å². The number of carbonyl (C=O) groups is 2. The van der Waals surface area contributed by atoms with Crippen molar-refractivity contribution >= 4 is 22.8 Å². The molecule has 3 aliphatic rings. The molecule has 1 amide bonds. The number of carboxylic acid groups (broad SMARTS) is 1. The van der Waals surface area contributed by atoms with Gasteiger partial charge in [-0.2, -0.15) is 13.2 Å². The van der Waals surface area contributed by atoms with Crippen LogP contribution in [0.5, 0.6) is 0 Å². The van der Waals surface area contributed by atoms with Gasteiger partial charge in [0.25, 0.3) is 0 Å². The number of nitrogens with zero attached hydrogens (tertiary/aromatic N) is 1. The second kappa shape index (κ2) is 6.11. The molecule has 1 aliphatic heterocycles. The van der Waals surface area contributed by atoms with E-state index in [2.05, 4.69) is 4.98 Å². The van der Waals surface area contributed by atoms with Crippen molar-refractivity contribution in [2.24, 2.45) is 23.7 Å². The number of hydrogen-bond acceptors (Lipinski definition) is 2. The van der Waals surface area contributed by atoms with Gasteiger partial charge in [-0.3, -0.25) is 9.59 Å². The highest BCUT2D eigenvalue weighted by Gasteiger charge is 2.57.